The molecule has 0 heterocycles. The minimum atomic E-state index is -3.85. The summed E-state index contributed by atoms with van der Waals surface area (Å²) in [5.74, 6) is -3.85. The van der Waals surface area contributed by atoms with Crippen LogP contribution in [0.25, 0.3) is 0 Å². The van der Waals surface area contributed by atoms with Crippen LogP contribution < -0.4 is 0 Å². The predicted octanol–water partition coefficient (Wildman–Crippen LogP) is 3.66. The summed E-state index contributed by atoms with van der Waals surface area (Å²) >= 11 is 2.60. The molecule has 0 saturated heterocycles. The van der Waals surface area contributed by atoms with Crippen LogP contribution in [0.2, 0.25) is 0 Å². The van der Waals surface area contributed by atoms with Crippen molar-refractivity contribution in [2.75, 3.05) is 0 Å². The Bertz CT molecular complexity index is 182. The molecule has 0 aromatic carbocycles. The standard InChI is InChI=1S/C6H6F4I2/c7-4-3(11)1-2-5(8,12)6(4,9)10/h3-4H,1-2H2. The molecule has 0 bridgehead atoms. The number of hydrogen-bond donors (Lipinski definition) is 0. The van der Waals surface area contributed by atoms with Gasteiger partial charge in [-0.05, 0) is 35.4 Å². The van der Waals surface area contributed by atoms with Crippen molar-refractivity contribution in [3.05, 3.63) is 0 Å². The van der Waals surface area contributed by atoms with Gasteiger partial charge in [-0.25, -0.2) is 8.78 Å². The first kappa shape index (κ1) is 11.3. The van der Waals surface area contributed by atoms with Crippen molar-refractivity contribution < 1.29 is 17.6 Å². The fourth-order valence-corrected chi connectivity index (χ4v) is 2.43. The van der Waals surface area contributed by atoms with Gasteiger partial charge in [0.1, 0.15) is 0 Å². The first-order valence-corrected chi connectivity index (χ1v) is 5.65. The summed E-state index contributed by atoms with van der Waals surface area (Å²) in [7, 11) is 0. The van der Waals surface area contributed by atoms with E-state index in [2.05, 4.69) is 0 Å². The molecule has 1 rings (SSSR count). The number of rotatable bonds is 0. The normalized spacial score (nSPS) is 47.5. The third-order valence-electron chi connectivity index (χ3n) is 1.89. The van der Waals surface area contributed by atoms with Crippen LogP contribution in [0, 0.1) is 0 Å². The van der Waals surface area contributed by atoms with Crippen molar-refractivity contribution >= 4 is 45.2 Å². The van der Waals surface area contributed by atoms with Gasteiger partial charge in [-0.2, -0.15) is 8.78 Å². The van der Waals surface area contributed by atoms with E-state index in [1.165, 1.54) is 0 Å². The van der Waals surface area contributed by atoms with Crippen LogP contribution in [-0.2, 0) is 0 Å². The van der Waals surface area contributed by atoms with E-state index in [4.69, 9.17) is 0 Å². The molecule has 0 nitrogen and oxygen atoms in total. The monoisotopic (exact) mass is 408 g/mol. The van der Waals surface area contributed by atoms with E-state index in [-0.39, 0.29) is 12.8 Å². The van der Waals surface area contributed by atoms with Gasteiger partial charge >= 0.3 is 5.92 Å². The number of alkyl halides is 6. The molecule has 0 aromatic heterocycles. The van der Waals surface area contributed by atoms with E-state index in [1.807, 2.05) is 0 Å². The summed E-state index contributed by atoms with van der Waals surface area (Å²) in [6.45, 7) is 0. The average Bonchev–Trinajstić information content (AvgIpc) is 1.96. The van der Waals surface area contributed by atoms with Gasteiger partial charge in [-0.15, -0.1) is 0 Å². The Hall–Kier alpha value is 1.18. The molecule has 0 radical (unpaired) electrons. The molecule has 0 amide bonds. The zero-order chi connectivity index (χ0) is 9.57. The van der Waals surface area contributed by atoms with E-state index in [0.29, 0.717) is 0 Å². The maximum atomic E-state index is 13.1. The Kier molecular flexibility index (Phi) is 3.18. The van der Waals surface area contributed by atoms with Crippen LogP contribution in [-0.4, -0.2) is 19.7 Å². The summed E-state index contributed by atoms with van der Waals surface area (Å²) < 4.78 is 48.1. The second-order valence-electron chi connectivity index (χ2n) is 2.78. The first-order valence-electron chi connectivity index (χ1n) is 3.33. The molecular weight excluding hydrogens is 402 g/mol. The Morgan fingerprint density at radius 3 is 2.17 bits per heavy atom. The van der Waals surface area contributed by atoms with Crippen LogP contribution in [0.1, 0.15) is 12.8 Å². The molecule has 6 heteroatoms. The third kappa shape index (κ3) is 1.69. The largest absolute Gasteiger partial charge is 0.321 e. The van der Waals surface area contributed by atoms with Gasteiger partial charge in [0.15, 0.2) is 6.17 Å². The average molecular weight is 408 g/mol. The van der Waals surface area contributed by atoms with Gasteiger partial charge in [0.25, 0.3) is 0 Å². The Labute approximate surface area is 94.7 Å². The number of halogens is 6. The zero-order valence-electron chi connectivity index (χ0n) is 5.84. The first-order chi connectivity index (χ1) is 5.29. The molecule has 1 fully saturated rings. The lowest BCUT2D eigenvalue weighted by Gasteiger charge is -2.37. The van der Waals surface area contributed by atoms with Crippen molar-refractivity contribution in [2.45, 2.75) is 32.5 Å². The van der Waals surface area contributed by atoms with E-state index in [0.717, 1.165) is 22.6 Å². The van der Waals surface area contributed by atoms with E-state index in [1.54, 1.807) is 22.6 Å². The van der Waals surface area contributed by atoms with Crippen LogP contribution in [0.4, 0.5) is 17.6 Å². The Morgan fingerprint density at radius 2 is 1.75 bits per heavy atom. The quantitative estimate of drug-likeness (QED) is 0.326. The third-order valence-corrected chi connectivity index (χ3v) is 4.40. The lowest BCUT2D eigenvalue weighted by Crippen LogP contribution is -2.54. The van der Waals surface area contributed by atoms with Gasteiger partial charge in [-0.3, -0.25) is 0 Å². The van der Waals surface area contributed by atoms with Crippen molar-refractivity contribution in [3.8, 4) is 0 Å². The Morgan fingerprint density at radius 1 is 1.25 bits per heavy atom. The van der Waals surface area contributed by atoms with E-state index in [9.17, 15) is 17.6 Å². The van der Waals surface area contributed by atoms with Crippen LogP contribution in [0.5, 0.6) is 0 Å². The topological polar surface area (TPSA) is 0 Å². The van der Waals surface area contributed by atoms with Crippen LogP contribution in [0.3, 0.4) is 0 Å². The van der Waals surface area contributed by atoms with Crippen molar-refractivity contribution in [1.82, 2.24) is 0 Å². The zero-order valence-corrected chi connectivity index (χ0v) is 10.2. The summed E-state index contributed by atoms with van der Waals surface area (Å²) in [4.78, 5) is 0. The highest BCUT2D eigenvalue weighted by molar-refractivity contribution is 14.1. The molecule has 1 saturated carbocycles. The molecule has 12 heavy (non-hydrogen) atoms. The molecule has 3 atom stereocenters. The summed E-state index contributed by atoms with van der Waals surface area (Å²) in [5.41, 5.74) is 0. The number of hydrogen-bond acceptors (Lipinski definition) is 0. The highest BCUT2D eigenvalue weighted by Crippen LogP contribution is 2.51. The Balaban J connectivity index is 2.88. The van der Waals surface area contributed by atoms with Gasteiger partial charge < -0.3 is 0 Å². The highest BCUT2D eigenvalue weighted by Gasteiger charge is 2.63. The van der Waals surface area contributed by atoms with Crippen molar-refractivity contribution in [1.29, 1.82) is 0 Å². The summed E-state index contributed by atoms with van der Waals surface area (Å²) in [5, 5.41) is 0. The van der Waals surface area contributed by atoms with Gasteiger partial charge in [0.2, 0.25) is 3.68 Å². The van der Waals surface area contributed by atoms with Gasteiger partial charge in [0, 0.05) is 3.92 Å². The molecule has 72 valence electrons. The predicted molar refractivity (Wildman–Crippen MR) is 54.7 cm³/mol. The lowest BCUT2D eigenvalue weighted by molar-refractivity contribution is -0.150. The molecule has 0 N–H and O–H groups in total. The minimum absolute atomic E-state index is 0.163. The highest BCUT2D eigenvalue weighted by atomic mass is 127. The van der Waals surface area contributed by atoms with E-state index >= 15 is 0 Å². The second-order valence-corrected chi connectivity index (χ2v) is 6.09. The molecule has 0 aliphatic heterocycles. The van der Waals surface area contributed by atoms with Gasteiger partial charge in [-0.1, -0.05) is 22.6 Å². The maximum Gasteiger partial charge on any atom is 0.321 e. The van der Waals surface area contributed by atoms with Crippen molar-refractivity contribution in [3.63, 3.8) is 0 Å². The fourth-order valence-electron chi connectivity index (χ4n) is 1.06. The SMILES string of the molecule is FC1C(I)CCC(F)(I)C1(F)F. The van der Waals surface area contributed by atoms with Crippen LogP contribution in [0.15, 0.2) is 0 Å². The summed E-state index contributed by atoms with van der Waals surface area (Å²) in [6, 6.07) is 0. The molecule has 1 aliphatic rings. The molecule has 0 aromatic rings. The minimum Gasteiger partial charge on any atom is -0.240 e. The smallest absolute Gasteiger partial charge is 0.240 e. The molecular formula is C6H6F4I2. The lowest BCUT2D eigenvalue weighted by atomic mass is 9.93. The van der Waals surface area contributed by atoms with Crippen molar-refractivity contribution in [2.24, 2.45) is 0 Å². The van der Waals surface area contributed by atoms with Crippen LogP contribution >= 0.6 is 45.2 Å². The molecule has 0 spiro atoms. The fraction of sp³-hybridized carbons (Fsp3) is 1.00. The maximum absolute atomic E-state index is 13.1. The molecule has 3 unspecified atom stereocenters. The van der Waals surface area contributed by atoms with Gasteiger partial charge in [0.05, 0.1) is 0 Å². The van der Waals surface area contributed by atoms with E-state index < -0.39 is 19.7 Å². The summed E-state index contributed by atoms with van der Waals surface area (Å²) in [6.07, 6.45) is -2.49. The molecule has 1 aliphatic carbocycles. The second kappa shape index (κ2) is 3.39.